The van der Waals surface area contributed by atoms with Crippen molar-refractivity contribution in [3.8, 4) is 11.3 Å². The third kappa shape index (κ3) is 5.79. The molecule has 1 aromatic carbocycles. The van der Waals surface area contributed by atoms with E-state index in [1.807, 2.05) is 24.3 Å². The molecule has 1 aliphatic carbocycles. The first-order chi connectivity index (χ1) is 19.9. The molecule has 4 aliphatic rings. The quantitative estimate of drug-likeness (QED) is 0.537. The van der Waals surface area contributed by atoms with Crippen molar-refractivity contribution in [3.63, 3.8) is 0 Å². The van der Waals surface area contributed by atoms with Gasteiger partial charge in [0.2, 0.25) is 5.91 Å². The summed E-state index contributed by atoms with van der Waals surface area (Å²) in [6.45, 7) is 6.67. The zero-order chi connectivity index (χ0) is 28.5. The van der Waals surface area contributed by atoms with E-state index in [9.17, 15) is 14.4 Å². The maximum absolute atomic E-state index is 14.0. The van der Waals surface area contributed by atoms with Gasteiger partial charge in [-0.1, -0.05) is 38.3 Å². The second-order valence-electron chi connectivity index (χ2n) is 12.1. The van der Waals surface area contributed by atoms with E-state index in [2.05, 4.69) is 34.5 Å². The summed E-state index contributed by atoms with van der Waals surface area (Å²) in [6.07, 6.45) is 5.67. The van der Waals surface area contributed by atoms with Gasteiger partial charge in [0.15, 0.2) is 10.9 Å². The maximum Gasteiger partial charge on any atom is 0.251 e. The number of nitrogens with zero attached hydrogens (tertiary/aromatic N) is 4. The third-order valence-corrected chi connectivity index (χ3v) is 10.4. The Labute approximate surface area is 246 Å². The van der Waals surface area contributed by atoms with E-state index in [1.165, 1.54) is 0 Å². The minimum Gasteiger partial charge on any atom is -0.367 e. The summed E-state index contributed by atoms with van der Waals surface area (Å²) in [5.74, 6) is -0.201. The summed E-state index contributed by atoms with van der Waals surface area (Å²) in [7, 11) is 2.14. The van der Waals surface area contributed by atoms with Crippen molar-refractivity contribution < 1.29 is 19.1 Å². The second-order valence-corrected chi connectivity index (χ2v) is 12.9. The van der Waals surface area contributed by atoms with Gasteiger partial charge in [-0.3, -0.25) is 14.4 Å². The number of amides is 2. The van der Waals surface area contributed by atoms with Crippen LogP contribution in [-0.4, -0.2) is 96.9 Å². The molecule has 2 aromatic rings. The molecule has 2 amide bonds. The van der Waals surface area contributed by atoms with E-state index in [-0.39, 0.29) is 42.1 Å². The number of ether oxygens (including phenoxy) is 1. The van der Waals surface area contributed by atoms with E-state index < -0.39 is 12.1 Å². The highest BCUT2D eigenvalue weighted by Crippen LogP contribution is 2.36. The van der Waals surface area contributed by atoms with Crippen molar-refractivity contribution in [2.45, 2.75) is 63.6 Å². The number of fused-ring (bicyclic) bond motifs is 1. The fraction of sp³-hybridized carbons (Fsp3) is 0.613. The first-order valence-electron chi connectivity index (χ1n) is 15.2. The molecule has 0 spiro atoms. The summed E-state index contributed by atoms with van der Waals surface area (Å²) < 4.78 is 5.80. The van der Waals surface area contributed by atoms with Gasteiger partial charge in [0, 0.05) is 55.1 Å². The van der Waals surface area contributed by atoms with Crippen LogP contribution in [0.5, 0.6) is 0 Å². The van der Waals surface area contributed by atoms with E-state index in [4.69, 9.17) is 9.72 Å². The van der Waals surface area contributed by atoms with Gasteiger partial charge in [-0.2, -0.15) is 0 Å². The Kier molecular flexibility index (Phi) is 8.42. The summed E-state index contributed by atoms with van der Waals surface area (Å²) in [6, 6.07) is 6.33. The van der Waals surface area contributed by atoms with E-state index in [0.29, 0.717) is 12.1 Å². The number of anilines is 1. The molecule has 1 aromatic heterocycles. The number of carbonyl (C=O) groups is 3. The Hall–Kier alpha value is -2.82. The molecule has 3 saturated heterocycles. The first kappa shape index (κ1) is 28.3. The van der Waals surface area contributed by atoms with Crippen molar-refractivity contribution in [2.75, 3.05) is 51.3 Å². The van der Waals surface area contributed by atoms with Gasteiger partial charge < -0.3 is 24.8 Å². The number of likely N-dealkylation sites (tertiary alicyclic amines) is 1. The van der Waals surface area contributed by atoms with Crippen molar-refractivity contribution in [1.82, 2.24) is 20.1 Å². The summed E-state index contributed by atoms with van der Waals surface area (Å²) in [4.78, 5) is 51.5. The number of nitrogens with one attached hydrogen (secondary N) is 1. The topological polar surface area (TPSA) is 95.1 Å². The number of aromatic nitrogens is 1. The van der Waals surface area contributed by atoms with Crippen LogP contribution in [0.25, 0.3) is 11.3 Å². The Bertz CT molecular complexity index is 1250. The van der Waals surface area contributed by atoms with Crippen LogP contribution in [0.15, 0.2) is 29.6 Å². The number of ketones is 1. The average Bonchev–Trinajstić information content (AvgIpc) is 3.74. The number of hydrogen-bond acceptors (Lipinski definition) is 8. The first-order valence-corrected chi connectivity index (χ1v) is 16.1. The zero-order valence-corrected chi connectivity index (χ0v) is 24.9. The van der Waals surface area contributed by atoms with Crippen LogP contribution in [-0.2, 0) is 14.3 Å². The minimum absolute atomic E-state index is 0.0265. The molecule has 4 heterocycles. The molecular weight excluding hydrogens is 538 g/mol. The van der Waals surface area contributed by atoms with E-state index >= 15 is 0 Å². The van der Waals surface area contributed by atoms with Crippen molar-refractivity contribution in [3.05, 3.63) is 35.2 Å². The molecule has 3 aliphatic heterocycles. The Balaban J connectivity index is 1.16. The highest BCUT2D eigenvalue weighted by Gasteiger charge is 2.53. The molecule has 4 atom stereocenters. The van der Waals surface area contributed by atoms with Crippen LogP contribution < -0.4 is 10.2 Å². The predicted molar refractivity (Wildman–Crippen MR) is 159 cm³/mol. The molecule has 0 unspecified atom stereocenters. The van der Waals surface area contributed by atoms with Crippen LogP contribution >= 0.6 is 11.3 Å². The van der Waals surface area contributed by atoms with Crippen LogP contribution in [0.4, 0.5) is 5.13 Å². The Morgan fingerprint density at radius 3 is 2.54 bits per heavy atom. The number of Topliss-reactive ketones (excluding diaryl/α,β-unsaturated/α-hetero) is 1. The van der Waals surface area contributed by atoms with Gasteiger partial charge in [-0.25, -0.2) is 4.98 Å². The smallest absolute Gasteiger partial charge is 0.251 e. The van der Waals surface area contributed by atoms with Crippen LogP contribution in [0, 0.1) is 11.8 Å². The second kappa shape index (κ2) is 12.2. The Morgan fingerprint density at radius 2 is 1.83 bits per heavy atom. The van der Waals surface area contributed by atoms with E-state index in [1.54, 1.807) is 16.2 Å². The molecule has 6 rings (SSSR count). The SMILES string of the molecule is CC[C@@H]1CN(C(=O)[C@@H](NC(=O)c2ccc(-c3csc(N4CCN(C)CC4)n3)cc2)C2CCCCC2)[C@@H]2C(=O)CO[C@H]12. The van der Waals surface area contributed by atoms with Crippen molar-refractivity contribution >= 4 is 34.1 Å². The highest BCUT2D eigenvalue weighted by molar-refractivity contribution is 7.14. The van der Waals surface area contributed by atoms with Gasteiger partial charge in [-0.05, 0) is 44.4 Å². The number of benzene rings is 1. The van der Waals surface area contributed by atoms with Gasteiger partial charge >= 0.3 is 0 Å². The Morgan fingerprint density at radius 1 is 1.10 bits per heavy atom. The highest BCUT2D eigenvalue weighted by atomic mass is 32.1. The summed E-state index contributed by atoms with van der Waals surface area (Å²) in [5, 5.41) is 6.21. The minimum atomic E-state index is -0.642. The molecule has 0 bridgehead atoms. The van der Waals surface area contributed by atoms with Crippen LogP contribution in [0.3, 0.4) is 0 Å². The molecular formula is C31H41N5O4S. The van der Waals surface area contributed by atoms with Gasteiger partial charge in [-0.15, -0.1) is 11.3 Å². The fourth-order valence-electron chi connectivity index (χ4n) is 6.93. The number of carbonyl (C=O) groups excluding carboxylic acids is 3. The van der Waals surface area contributed by atoms with Crippen LogP contribution in [0.1, 0.15) is 55.8 Å². The number of rotatable bonds is 7. The van der Waals surface area contributed by atoms with Crippen LogP contribution in [0.2, 0.25) is 0 Å². The van der Waals surface area contributed by atoms with Gasteiger partial charge in [0.1, 0.15) is 18.7 Å². The molecule has 0 radical (unpaired) electrons. The summed E-state index contributed by atoms with van der Waals surface area (Å²) >= 11 is 1.65. The molecule has 9 nitrogen and oxygen atoms in total. The molecule has 4 fully saturated rings. The van der Waals surface area contributed by atoms with E-state index in [0.717, 1.165) is 81.1 Å². The average molecular weight is 580 g/mol. The fourth-order valence-corrected chi connectivity index (χ4v) is 7.81. The predicted octanol–water partition coefficient (Wildman–Crippen LogP) is 3.45. The number of likely N-dealkylation sites (N-methyl/N-ethyl adjacent to an activating group) is 1. The molecule has 10 heteroatoms. The molecule has 1 N–H and O–H groups in total. The monoisotopic (exact) mass is 579 g/mol. The zero-order valence-electron chi connectivity index (χ0n) is 24.1. The standard InChI is InChI=1S/C31H41N5O4S/c1-3-20-17-36(27-25(37)18-40-28(20)27)30(39)26(22-7-5-4-6-8-22)33-29(38)23-11-9-21(10-12-23)24-19-41-31(32-24)35-15-13-34(2)14-16-35/h9-12,19-20,22,26-28H,3-8,13-18H2,1-2H3,(H,33,38)/t20-,26+,27-,28-/m1/s1. The molecule has 41 heavy (non-hydrogen) atoms. The maximum atomic E-state index is 14.0. The lowest BCUT2D eigenvalue weighted by Crippen LogP contribution is -2.55. The van der Waals surface area contributed by atoms with Crippen molar-refractivity contribution in [2.24, 2.45) is 11.8 Å². The lowest BCUT2D eigenvalue weighted by molar-refractivity contribution is -0.139. The number of hydrogen-bond donors (Lipinski definition) is 1. The largest absolute Gasteiger partial charge is 0.367 e. The van der Waals surface area contributed by atoms with Gasteiger partial charge in [0.25, 0.3) is 5.91 Å². The summed E-state index contributed by atoms with van der Waals surface area (Å²) in [5.41, 5.74) is 2.39. The lowest BCUT2D eigenvalue weighted by atomic mass is 9.83. The molecule has 220 valence electrons. The number of piperazine rings is 1. The normalized spacial score (nSPS) is 26.3. The number of thiazole rings is 1. The van der Waals surface area contributed by atoms with Crippen molar-refractivity contribution in [1.29, 1.82) is 0 Å². The van der Waals surface area contributed by atoms with Gasteiger partial charge in [0.05, 0.1) is 11.8 Å². The third-order valence-electron chi connectivity index (χ3n) is 9.48. The lowest BCUT2D eigenvalue weighted by Gasteiger charge is -2.34. The molecule has 1 saturated carbocycles.